The van der Waals surface area contributed by atoms with E-state index in [1.165, 1.54) is 0 Å². The molecule has 0 aliphatic heterocycles. The van der Waals surface area contributed by atoms with E-state index >= 15 is 0 Å². The van der Waals surface area contributed by atoms with Gasteiger partial charge in [-0.05, 0) is 25.5 Å². The van der Waals surface area contributed by atoms with Crippen LogP contribution in [0.15, 0.2) is 18.2 Å². The van der Waals surface area contributed by atoms with Gasteiger partial charge in [0, 0.05) is 19.0 Å². The lowest BCUT2D eigenvalue weighted by atomic mass is 10.2. The van der Waals surface area contributed by atoms with E-state index in [1.807, 2.05) is 0 Å². The summed E-state index contributed by atoms with van der Waals surface area (Å²) < 4.78 is 30.6. The zero-order valence-electron chi connectivity index (χ0n) is 10.5. The first-order chi connectivity index (χ1) is 9.04. The van der Waals surface area contributed by atoms with Crippen molar-refractivity contribution in [3.63, 3.8) is 0 Å². The van der Waals surface area contributed by atoms with Crippen molar-refractivity contribution in [3.8, 4) is 0 Å². The number of carbonyl (C=O) groups is 2. The Kier molecular flexibility index (Phi) is 5.92. The lowest BCUT2D eigenvalue weighted by Gasteiger charge is -2.06. The second kappa shape index (κ2) is 7.45. The van der Waals surface area contributed by atoms with Crippen LogP contribution in [0.1, 0.15) is 30.1 Å². The van der Waals surface area contributed by atoms with Crippen LogP contribution in [0.3, 0.4) is 0 Å². The number of carbonyl (C=O) groups excluding carboxylic acids is 2. The predicted molar refractivity (Wildman–Crippen MR) is 64.6 cm³/mol. The maximum Gasteiger partial charge on any atom is 0.305 e. The van der Waals surface area contributed by atoms with E-state index in [0.717, 1.165) is 12.1 Å². The third kappa shape index (κ3) is 5.03. The molecule has 1 rings (SSSR count). The summed E-state index contributed by atoms with van der Waals surface area (Å²) >= 11 is 0. The second-order valence-corrected chi connectivity index (χ2v) is 3.79. The summed E-state index contributed by atoms with van der Waals surface area (Å²) in [5, 5.41) is 2.45. The molecule has 1 aromatic rings. The van der Waals surface area contributed by atoms with Gasteiger partial charge in [0.2, 0.25) is 0 Å². The van der Waals surface area contributed by atoms with E-state index in [2.05, 4.69) is 5.32 Å². The molecular formula is C13H15F2NO3. The molecule has 0 saturated carbocycles. The molecule has 0 spiro atoms. The minimum atomic E-state index is -0.914. The third-order valence-electron chi connectivity index (χ3n) is 2.32. The summed E-state index contributed by atoms with van der Waals surface area (Å²) in [7, 11) is 0. The van der Waals surface area contributed by atoms with Crippen molar-refractivity contribution in [2.75, 3.05) is 13.2 Å². The van der Waals surface area contributed by atoms with Crippen LogP contribution in [-0.4, -0.2) is 25.0 Å². The Morgan fingerprint density at radius 1 is 1.32 bits per heavy atom. The average molecular weight is 271 g/mol. The van der Waals surface area contributed by atoms with Crippen molar-refractivity contribution in [1.82, 2.24) is 5.32 Å². The Labute approximate surface area is 109 Å². The molecule has 0 aliphatic carbocycles. The number of rotatable bonds is 6. The Morgan fingerprint density at radius 3 is 2.68 bits per heavy atom. The number of hydrogen-bond acceptors (Lipinski definition) is 3. The van der Waals surface area contributed by atoms with E-state index < -0.39 is 17.5 Å². The van der Waals surface area contributed by atoms with Gasteiger partial charge in [-0.25, -0.2) is 8.78 Å². The van der Waals surface area contributed by atoms with Crippen LogP contribution in [0.2, 0.25) is 0 Å². The van der Waals surface area contributed by atoms with Crippen molar-refractivity contribution in [2.45, 2.75) is 19.8 Å². The number of hydrogen-bond donors (Lipinski definition) is 1. The minimum Gasteiger partial charge on any atom is -0.466 e. The maximum atomic E-state index is 13.3. The molecular weight excluding hydrogens is 256 g/mol. The first-order valence-electron chi connectivity index (χ1n) is 5.93. The lowest BCUT2D eigenvalue weighted by molar-refractivity contribution is -0.143. The molecule has 0 unspecified atom stereocenters. The highest BCUT2D eigenvalue weighted by Gasteiger charge is 2.12. The number of amides is 1. The zero-order chi connectivity index (χ0) is 14.3. The van der Waals surface area contributed by atoms with E-state index in [9.17, 15) is 18.4 Å². The molecule has 6 heteroatoms. The first kappa shape index (κ1) is 15.1. The van der Waals surface area contributed by atoms with E-state index in [4.69, 9.17) is 4.74 Å². The highest BCUT2D eigenvalue weighted by Crippen LogP contribution is 2.09. The molecule has 104 valence electrons. The van der Waals surface area contributed by atoms with Gasteiger partial charge in [0.05, 0.1) is 12.2 Å². The minimum absolute atomic E-state index is 0.181. The summed E-state index contributed by atoms with van der Waals surface area (Å²) in [5.74, 6) is -2.63. The quantitative estimate of drug-likeness (QED) is 0.636. The van der Waals surface area contributed by atoms with Gasteiger partial charge in [0.15, 0.2) is 0 Å². The summed E-state index contributed by atoms with van der Waals surface area (Å²) in [5.41, 5.74) is -0.225. The van der Waals surface area contributed by atoms with Crippen LogP contribution in [0, 0.1) is 11.6 Å². The summed E-state index contributed by atoms with van der Waals surface area (Å²) in [6.45, 7) is 2.23. The first-order valence-corrected chi connectivity index (χ1v) is 5.93. The number of nitrogens with one attached hydrogen (secondary N) is 1. The topological polar surface area (TPSA) is 55.4 Å². The molecule has 0 aliphatic rings. The number of halogens is 2. The Morgan fingerprint density at radius 2 is 2.05 bits per heavy atom. The summed E-state index contributed by atoms with van der Waals surface area (Å²) in [6.07, 6.45) is 0.577. The van der Waals surface area contributed by atoms with Gasteiger partial charge in [-0.15, -0.1) is 0 Å². The monoisotopic (exact) mass is 271 g/mol. The van der Waals surface area contributed by atoms with Crippen LogP contribution < -0.4 is 5.32 Å². The number of ether oxygens (including phenoxy) is 1. The number of esters is 1. The third-order valence-corrected chi connectivity index (χ3v) is 2.32. The lowest BCUT2D eigenvalue weighted by Crippen LogP contribution is -2.26. The van der Waals surface area contributed by atoms with Gasteiger partial charge in [-0.1, -0.05) is 0 Å². The Bertz CT molecular complexity index is 463. The maximum absolute atomic E-state index is 13.3. The molecule has 1 aromatic carbocycles. The van der Waals surface area contributed by atoms with Crippen LogP contribution in [0.4, 0.5) is 8.78 Å². The zero-order valence-corrected chi connectivity index (χ0v) is 10.5. The SMILES string of the molecule is CCOC(=O)CCCNC(=O)c1ccc(F)cc1F. The molecule has 0 radical (unpaired) electrons. The van der Waals surface area contributed by atoms with E-state index in [1.54, 1.807) is 6.92 Å². The predicted octanol–water partition coefficient (Wildman–Crippen LogP) is 2.04. The molecule has 1 amide bonds. The number of benzene rings is 1. The molecule has 0 bridgehead atoms. The molecule has 0 fully saturated rings. The van der Waals surface area contributed by atoms with Gasteiger partial charge in [0.25, 0.3) is 5.91 Å². The molecule has 0 saturated heterocycles. The largest absolute Gasteiger partial charge is 0.466 e. The fourth-order valence-corrected chi connectivity index (χ4v) is 1.44. The molecule has 0 atom stereocenters. The summed E-state index contributed by atoms with van der Waals surface area (Å²) in [6, 6.07) is 2.73. The average Bonchev–Trinajstić information content (AvgIpc) is 2.34. The Balaban J connectivity index is 2.37. The normalized spacial score (nSPS) is 10.1. The van der Waals surface area contributed by atoms with Crippen LogP contribution >= 0.6 is 0 Å². The molecule has 19 heavy (non-hydrogen) atoms. The van der Waals surface area contributed by atoms with Crippen molar-refractivity contribution < 1.29 is 23.1 Å². The molecule has 0 aromatic heterocycles. The summed E-state index contributed by atoms with van der Waals surface area (Å²) in [4.78, 5) is 22.6. The van der Waals surface area contributed by atoms with Crippen molar-refractivity contribution >= 4 is 11.9 Å². The second-order valence-electron chi connectivity index (χ2n) is 3.79. The van der Waals surface area contributed by atoms with Gasteiger partial charge in [0.1, 0.15) is 11.6 Å². The highest BCUT2D eigenvalue weighted by molar-refractivity contribution is 5.94. The highest BCUT2D eigenvalue weighted by atomic mass is 19.1. The standard InChI is InChI=1S/C13H15F2NO3/c1-2-19-12(17)4-3-7-16-13(18)10-6-5-9(14)8-11(10)15/h5-6,8H,2-4,7H2,1H3,(H,16,18). The van der Waals surface area contributed by atoms with Crippen LogP contribution in [0.25, 0.3) is 0 Å². The van der Waals surface area contributed by atoms with Gasteiger partial charge in [-0.3, -0.25) is 9.59 Å². The van der Waals surface area contributed by atoms with Crippen molar-refractivity contribution in [1.29, 1.82) is 0 Å². The smallest absolute Gasteiger partial charge is 0.305 e. The van der Waals surface area contributed by atoms with Crippen LogP contribution in [-0.2, 0) is 9.53 Å². The molecule has 0 heterocycles. The fourth-order valence-electron chi connectivity index (χ4n) is 1.44. The van der Waals surface area contributed by atoms with E-state index in [-0.39, 0.29) is 24.5 Å². The van der Waals surface area contributed by atoms with Gasteiger partial charge < -0.3 is 10.1 Å². The van der Waals surface area contributed by atoms with Crippen molar-refractivity contribution in [3.05, 3.63) is 35.4 Å². The molecule has 1 N–H and O–H groups in total. The Hall–Kier alpha value is -1.98. The fraction of sp³-hybridized carbons (Fsp3) is 0.385. The van der Waals surface area contributed by atoms with E-state index in [0.29, 0.717) is 19.1 Å². The van der Waals surface area contributed by atoms with Crippen molar-refractivity contribution in [2.24, 2.45) is 0 Å². The van der Waals surface area contributed by atoms with Gasteiger partial charge in [-0.2, -0.15) is 0 Å². The molecule has 4 nitrogen and oxygen atoms in total. The van der Waals surface area contributed by atoms with Crippen LogP contribution in [0.5, 0.6) is 0 Å². The van der Waals surface area contributed by atoms with Gasteiger partial charge >= 0.3 is 5.97 Å².